The summed E-state index contributed by atoms with van der Waals surface area (Å²) in [7, 11) is 0. The Bertz CT molecular complexity index is 865. The zero-order valence-corrected chi connectivity index (χ0v) is 19.9. The second-order valence-electron chi connectivity index (χ2n) is 9.70. The number of benzene rings is 1. The van der Waals surface area contributed by atoms with Crippen molar-refractivity contribution in [3.8, 4) is 0 Å². The highest BCUT2D eigenvalue weighted by atomic mass is 35.5. The maximum Gasteiger partial charge on any atom is 0.410 e. The lowest BCUT2D eigenvalue weighted by Gasteiger charge is -2.50. The number of likely N-dealkylation sites (tertiary alicyclic amines) is 1. The molecule has 2 heterocycles. The van der Waals surface area contributed by atoms with Crippen LogP contribution in [-0.2, 0) is 14.3 Å². The summed E-state index contributed by atoms with van der Waals surface area (Å²) < 4.78 is 5.53. The maximum absolute atomic E-state index is 13.7. The van der Waals surface area contributed by atoms with Crippen molar-refractivity contribution < 1.29 is 19.1 Å². The number of hydrogen-bond donors (Lipinski definition) is 0. The summed E-state index contributed by atoms with van der Waals surface area (Å²) >= 11 is 6.04. The van der Waals surface area contributed by atoms with E-state index >= 15 is 0 Å². The number of ether oxygens (including phenoxy) is 1. The fraction of sp³-hybridized carbons (Fsp3) is 0.609. The molecule has 2 unspecified atom stereocenters. The molecule has 0 saturated carbocycles. The quantitative estimate of drug-likeness (QED) is 0.702. The molecule has 3 rings (SSSR count). The van der Waals surface area contributed by atoms with E-state index in [1.54, 1.807) is 47.6 Å². The van der Waals surface area contributed by atoms with Crippen LogP contribution in [0.15, 0.2) is 24.3 Å². The molecule has 1 aromatic carbocycles. The molecule has 2 aliphatic rings. The average molecular weight is 450 g/mol. The van der Waals surface area contributed by atoms with E-state index in [1.807, 2.05) is 32.9 Å². The van der Waals surface area contributed by atoms with Crippen LogP contribution in [0.1, 0.15) is 59.6 Å². The summed E-state index contributed by atoms with van der Waals surface area (Å²) in [6.07, 6.45) is -0.0942. The van der Waals surface area contributed by atoms with Crippen LogP contribution in [0.5, 0.6) is 0 Å². The molecule has 8 heteroatoms. The number of nitrogens with zero attached hydrogens (tertiary/aromatic N) is 3. The van der Waals surface area contributed by atoms with Crippen molar-refractivity contribution in [1.29, 1.82) is 0 Å². The lowest BCUT2D eigenvalue weighted by molar-refractivity contribution is -0.169. The minimum Gasteiger partial charge on any atom is -0.444 e. The number of hydrogen-bond acceptors (Lipinski definition) is 4. The molecule has 0 aliphatic carbocycles. The van der Waals surface area contributed by atoms with Gasteiger partial charge in [0, 0.05) is 17.6 Å². The van der Waals surface area contributed by atoms with E-state index in [0.717, 1.165) is 5.56 Å². The number of carbonyl (C=O) groups is 3. The van der Waals surface area contributed by atoms with Gasteiger partial charge in [-0.1, -0.05) is 23.7 Å². The fourth-order valence-electron chi connectivity index (χ4n) is 4.44. The second kappa shape index (κ2) is 8.34. The van der Waals surface area contributed by atoms with Gasteiger partial charge in [-0.05, 0) is 65.7 Å². The van der Waals surface area contributed by atoms with Crippen LogP contribution in [0.4, 0.5) is 4.79 Å². The van der Waals surface area contributed by atoms with Crippen molar-refractivity contribution in [2.24, 2.45) is 0 Å². The minimum absolute atomic E-state index is 0.0304. The Labute approximate surface area is 189 Å². The van der Waals surface area contributed by atoms with Gasteiger partial charge in [-0.15, -0.1) is 0 Å². The Morgan fingerprint density at radius 1 is 1.13 bits per heavy atom. The zero-order valence-electron chi connectivity index (χ0n) is 19.1. The number of amides is 3. The Hall–Kier alpha value is -2.28. The topological polar surface area (TPSA) is 70.2 Å². The van der Waals surface area contributed by atoms with E-state index in [0.29, 0.717) is 18.0 Å². The molecule has 2 atom stereocenters. The molecule has 0 radical (unpaired) electrons. The molecule has 31 heavy (non-hydrogen) atoms. The molecule has 170 valence electrons. The van der Waals surface area contributed by atoms with Gasteiger partial charge in [-0.2, -0.15) is 0 Å². The van der Waals surface area contributed by atoms with Crippen molar-refractivity contribution in [3.63, 3.8) is 0 Å². The summed E-state index contributed by atoms with van der Waals surface area (Å²) in [5.41, 5.74) is -0.867. The van der Waals surface area contributed by atoms with Gasteiger partial charge in [0.1, 0.15) is 17.7 Å². The first-order chi connectivity index (χ1) is 14.4. The molecule has 0 aromatic heterocycles. The molecular formula is C23H32ClN3O4. The molecule has 2 fully saturated rings. The molecule has 3 amide bonds. The first kappa shape index (κ1) is 23.4. The molecule has 7 nitrogen and oxygen atoms in total. The summed E-state index contributed by atoms with van der Waals surface area (Å²) in [5.74, 6) is -0.240. The predicted molar refractivity (Wildman–Crippen MR) is 119 cm³/mol. The number of rotatable bonds is 3. The highest BCUT2D eigenvalue weighted by Gasteiger charge is 2.58. The SMILES string of the molecule is CC(C)N1CC(=O)N(C(C)c2ccc(Cl)cc2)C2(CCN(C(=O)OC(C)(C)C)C2)C1=O. The third-order valence-electron chi connectivity index (χ3n) is 5.96. The van der Waals surface area contributed by atoms with E-state index in [-0.39, 0.29) is 37.0 Å². The zero-order chi connectivity index (χ0) is 23.1. The molecule has 1 spiro atoms. The van der Waals surface area contributed by atoms with Crippen LogP contribution in [0.2, 0.25) is 5.02 Å². The molecule has 0 bridgehead atoms. The van der Waals surface area contributed by atoms with Crippen molar-refractivity contribution in [1.82, 2.24) is 14.7 Å². The highest BCUT2D eigenvalue weighted by Crippen LogP contribution is 2.40. The largest absolute Gasteiger partial charge is 0.444 e. The van der Waals surface area contributed by atoms with Crippen molar-refractivity contribution in [2.75, 3.05) is 19.6 Å². The van der Waals surface area contributed by atoms with Crippen LogP contribution in [0.25, 0.3) is 0 Å². The van der Waals surface area contributed by atoms with Crippen molar-refractivity contribution in [2.45, 2.75) is 71.2 Å². The highest BCUT2D eigenvalue weighted by molar-refractivity contribution is 6.30. The monoisotopic (exact) mass is 449 g/mol. The number of carbonyl (C=O) groups excluding carboxylic acids is 3. The van der Waals surface area contributed by atoms with Crippen molar-refractivity contribution >= 4 is 29.5 Å². The maximum atomic E-state index is 13.7. The lowest BCUT2D eigenvalue weighted by atomic mass is 9.87. The lowest BCUT2D eigenvalue weighted by Crippen LogP contribution is -2.70. The molecule has 1 aromatic rings. The van der Waals surface area contributed by atoms with Crippen LogP contribution in [-0.4, -0.2) is 69.4 Å². The molecule has 2 aliphatic heterocycles. The Kier molecular flexibility index (Phi) is 6.29. The van der Waals surface area contributed by atoms with E-state index in [1.165, 1.54) is 0 Å². The number of piperazine rings is 1. The second-order valence-corrected chi connectivity index (χ2v) is 10.1. The molecular weight excluding hydrogens is 418 g/mol. The summed E-state index contributed by atoms with van der Waals surface area (Å²) in [5, 5.41) is 0.606. The summed E-state index contributed by atoms with van der Waals surface area (Å²) in [4.78, 5) is 44.7. The fourth-order valence-corrected chi connectivity index (χ4v) is 4.57. The van der Waals surface area contributed by atoms with Crippen LogP contribution in [0, 0.1) is 0 Å². The van der Waals surface area contributed by atoms with Gasteiger partial charge < -0.3 is 19.4 Å². The first-order valence-electron chi connectivity index (χ1n) is 10.7. The Balaban J connectivity index is 1.98. The Morgan fingerprint density at radius 2 is 1.74 bits per heavy atom. The third-order valence-corrected chi connectivity index (χ3v) is 6.21. The smallest absolute Gasteiger partial charge is 0.410 e. The number of halogens is 1. The van der Waals surface area contributed by atoms with Gasteiger partial charge in [0.05, 0.1) is 12.6 Å². The van der Waals surface area contributed by atoms with Gasteiger partial charge in [0.2, 0.25) is 5.91 Å². The normalized spacial score (nSPS) is 23.2. The van der Waals surface area contributed by atoms with E-state index in [2.05, 4.69) is 0 Å². The first-order valence-corrected chi connectivity index (χ1v) is 11.1. The standard InChI is InChI=1S/C23H32ClN3O4/c1-15(2)26-13-19(28)27(16(3)17-7-9-18(24)10-8-17)23(20(26)29)11-12-25(14-23)21(30)31-22(4,5)6/h7-10,15-16H,11-14H2,1-6H3. The van der Waals surface area contributed by atoms with Gasteiger partial charge in [-0.25, -0.2) is 4.79 Å². The predicted octanol–water partition coefficient (Wildman–Crippen LogP) is 3.86. The van der Waals surface area contributed by atoms with Crippen molar-refractivity contribution in [3.05, 3.63) is 34.9 Å². The van der Waals surface area contributed by atoms with E-state index in [9.17, 15) is 14.4 Å². The van der Waals surface area contributed by atoms with E-state index < -0.39 is 17.2 Å². The van der Waals surface area contributed by atoms with E-state index in [4.69, 9.17) is 16.3 Å². The Morgan fingerprint density at radius 3 is 2.29 bits per heavy atom. The average Bonchev–Trinajstić information content (AvgIpc) is 3.10. The third kappa shape index (κ3) is 4.52. The summed E-state index contributed by atoms with van der Waals surface area (Å²) in [6.45, 7) is 11.6. The minimum atomic E-state index is -1.12. The van der Waals surface area contributed by atoms with Gasteiger partial charge in [0.25, 0.3) is 5.91 Å². The van der Waals surface area contributed by atoms with Crippen LogP contribution >= 0.6 is 11.6 Å². The molecule has 2 saturated heterocycles. The van der Waals surface area contributed by atoms with Gasteiger partial charge in [0.15, 0.2) is 0 Å². The van der Waals surface area contributed by atoms with Gasteiger partial charge >= 0.3 is 6.09 Å². The molecule has 0 N–H and O–H groups in total. The van der Waals surface area contributed by atoms with Gasteiger partial charge in [-0.3, -0.25) is 9.59 Å². The summed E-state index contributed by atoms with van der Waals surface area (Å²) in [6, 6.07) is 6.83. The van der Waals surface area contributed by atoms with Crippen LogP contribution in [0.3, 0.4) is 0 Å². The van der Waals surface area contributed by atoms with Crippen LogP contribution < -0.4 is 0 Å².